The highest BCUT2D eigenvalue weighted by Gasteiger charge is 2.24. The minimum Gasteiger partial charge on any atom is -0.319 e. The van der Waals surface area contributed by atoms with E-state index in [0.717, 1.165) is 17.8 Å². The lowest BCUT2D eigenvalue weighted by atomic mass is 9.80. The maximum atomic E-state index is 3.40. The van der Waals surface area contributed by atoms with Crippen molar-refractivity contribution in [1.82, 2.24) is 5.32 Å². The van der Waals surface area contributed by atoms with E-state index in [1.807, 2.05) is 0 Å². The molecule has 0 aromatic carbocycles. The molecule has 96 valence electrons. The first-order valence-electron chi connectivity index (χ1n) is 7.42. The van der Waals surface area contributed by atoms with Crippen molar-refractivity contribution in [3.63, 3.8) is 0 Å². The fraction of sp³-hybridized carbons (Fsp3) is 1.00. The zero-order valence-corrected chi connectivity index (χ0v) is 11.6. The summed E-state index contributed by atoms with van der Waals surface area (Å²) >= 11 is 0. The van der Waals surface area contributed by atoms with Gasteiger partial charge in [-0.1, -0.05) is 52.4 Å². The molecule has 0 spiro atoms. The molecular weight excluding hydrogens is 194 g/mol. The van der Waals surface area contributed by atoms with Gasteiger partial charge in [-0.25, -0.2) is 0 Å². The SMILES string of the molecule is CCCC(C)CC1CCCCCC1CNC. The summed E-state index contributed by atoms with van der Waals surface area (Å²) in [7, 11) is 2.11. The van der Waals surface area contributed by atoms with Crippen LogP contribution < -0.4 is 5.32 Å². The van der Waals surface area contributed by atoms with Crippen LogP contribution >= 0.6 is 0 Å². The van der Waals surface area contributed by atoms with Gasteiger partial charge in [0.1, 0.15) is 0 Å². The minimum absolute atomic E-state index is 0.937. The van der Waals surface area contributed by atoms with E-state index >= 15 is 0 Å². The molecule has 1 rings (SSSR count). The predicted molar refractivity (Wildman–Crippen MR) is 72.7 cm³/mol. The third kappa shape index (κ3) is 4.86. The molecule has 1 aliphatic carbocycles. The van der Waals surface area contributed by atoms with E-state index in [-0.39, 0.29) is 0 Å². The largest absolute Gasteiger partial charge is 0.319 e. The van der Waals surface area contributed by atoms with Gasteiger partial charge in [-0.3, -0.25) is 0 Å². The van der Waals surface area contributed by atoms with E-state index in [2.05, 4.69) is 26.2 Å². The van der Waals surface area contributed by atoms with E-state index < -0.39 is 0 Å². The second-order valence-corrected chi connectivity index (χ2v) is 5.85. The summed E-state index contributed by atoms with van der Waals surface area (Å²) < 4.78 is 0. The van der Waals surface area contributed by atoms with Crippen molar-refractivity contribution < 1.29 is 0 Å². The molecule has 0 saturated heterocycles. The maximum absolute atomic E-state index is 3.40. The fourth-order valence-electron chi connectivity index (χ4n) is 3.43. The first-order chi connectivity index (χ1) is 7.77. The molecule has 1 saturated carbocycles. The summed E-state index contributed by atoms with van der Waals surface area (Å²) in [6, 6.07) is 0. The Morgan fingerprint density at radius 1 is 1.12 bits per heavy atom. The molecule has 0 aliphatic heterocycles. The van der Waals surface area contributed by atoms with Crippen LogP contribution in [-0.2, 0) is 0 Å². The standard InChI is InChI=1S/C15H31N/c1-4-8-13(2)11-14-9-6-5-7-10-15(14)12-16-3/h13-16H,4-12H2,1-3H3. The van der Waals surface area contributed by atoms with Crippen LogP contribution in [0.3, 0.4) is 0 Å². The van der Waals surface area contributed by atoms with E-state index in [4.69, 9.17) is 0 Å². The van der Waals surface area contributed by atoms with Gasteiger partial charge in [0.15, 0.2) is 0 Å². The van der Waals surface area contributed by atoms with Crippen LogP contribution in [0.5, 0.6) is 0 Å². The van der Waals surface area contributed by atoms with Gasteiger partial charge >= 0.3 is 0 Å². The van der Waals surface area contributed by atoms with Crippen LogP contribution in [0, 0.1) is 17.8 Å². The van der Waals surface area contributed by atoms with Crippen LogP contribution in [0.1, 0.15) is 65.2 Å². The van der Waals surface area contributed by atoms with Gasteiger partial charge in [0, 0.05) is 0 Å². The maximum Gasteiger partial charge on any atom is -0.00209 e. The van der Waals surface area contributed by atoms with Crippen LogP contribution in [0.15, 0.2) is 0 Å². The molecule has 0 aromatic heterocycles. The summed E-state index contributed by atoms with van der Waals surface area (Å²) in [5.41, 5.74) is 0. The molecule has 1 fully saturated rings. The van der Waals surface area contributed by atoms with E-state index in [1.165, 1.54) is 57.9 Å². The molecular formula is C15H31N. The van der Waals surface area contributed by atoms with E-state index in [9.17, 15) is 0 Å². The number of hydrogen-bond acceptors (Lipinski definition) is 1. The normalized spacial score (nSPS) is 28.7. The molecule has 1 N–H and O–H groups in total. The third-order valence-electron chi connectivity index (χ3n) is 4.27. The molecule has 0 amide bonds. The van der Waals surface area contributed by atoms with Crippen molar-refractivity contribution in [3.8, 4) is 0 Å². The molecule has 0 bridgehead atoms. The van der Waals surface area contributed by atoms with Crippen LogP contribution in [-0.4, -0.2) is 13.6 Å². The second kappa shape index (κ2) is 8.11. The zero-order valence-electron chi connectivity index (χ0n) is 11.6. The smallest absolute Gasteiger partial charge is 0.00209 e. The highest BCUT2D eigenvalue weighted by molar-refractivity contribution is 4.77. The van der Waals surface area contributed by atoms with Crippen LogP contribution in [0.2, 0.25) is 0 Å². The van der Waals surface area contributed by atoms with Crippen molar-refractivity contribution >= 4 is 0 Å². The van der Waals surface area contributed by atoms with Crippen molar-refractivity contribution in [2.75, 3.05) is 13.6 Å². The second-order valence-electron chi connectivity index (χ2n) is 5.85. The molecule has 16 heavy (non-hydrogen) atoms. The van der Waals surface area contributed by atoms with Crippen molar-refractivity contribution in [2.24, 2.45) is 17.8 Å². The molecule has 1 nitrogen and oxygen atoms in total. The quantitative estimate of drug-likeness (QED) is 0.667. The molecule has 0 heterocycles. The zero-order chi connectivity index (χ0) is 11.8. The Hall–Kier alpha value is -0.0400. The lowest BCUT2D eigenvalue weighted by Gasteiger charge is -2.27. The Bertz CT molecular complexity index is 167. The van der Waals surface area contributed by atoms with Gasteiger partial charge in [0.05, 0.1) is 0 Å². The van der Waals surface area contributed by atoms with Gasteiger partial charge in [-0.2, -0.15) is 0 Å². The molecule has 1 aliphatic rings. The van der Waals surface area contributed by atoms with Crippen LogP contribution in [0.4, 0.5) is 0 Å². The monoisotopic (exact) mass is 225 g/mol. The average molecular weight is 225 g/mol. The summed E-state index contributed by atoms with van der Waals surface area (Å²) in [4.78, 5) is 0. The average Bonchev–Trinajstić information content (AvgIpc) is 2.46. The Labute approximate surface area is 102 Å². The predicted octanol–water partition coefficient (Wildman–Crippen LogP) is 4.23. The molecule has 0 aromatic rings. The number of hydrogen-bond donors (Lipinski definition) is 1. The minimum atomic E-state index is 0.937. The fourth-order valence-corrected chi connectivity index (χ4v) is 3.43. The Morgan fingerprint density at radius 3 is 2.44 bits per heavy atom. The van der Waals surface area contributed by atoms with Gasteiger partial charge < -0.3 is 5.32 Å². The highest BCUT2D eigenvalue weighted by Crippen LogP contribution is 2.33. The number of nitrogens with one attached hydrogen (secondary N) is 1. The van der Waals surface area contributed by atoms with Crippen molar-refractivity contribution in [2.45, 2.75) is 65.2 Å². The molecule has 3 unspecified atom stereocenters. The summed E-state index contributed by atoms with van der Waals surface area (Å²) in [6.45, 7) is 6.00. The Morgan fingerprint density at radius 2 is 1.81 bits per heavy atom. The lowest BCUT2D eigenvalue weighted by Crippen LogP contribution is -2.26. The van der Waals surface area contributed by atoms with Crippen LogP contribution in [0.25, 0.3) is 0 Å². The molecule has 0 radical (unpaired) electrons. The van der Waals surface area contributed by atoms with Gasteiger partial charge in [0.2, 0.25) is 0 Å². The van der Waals surface area contributed by atoms with E-state index in [1.54, 1.807) is 0 Å². The van der Waals surface area contributed by atoms with E-state index in [0.29, 0.717) is 0 Å². The summed E-state index contributed by atoms with van der Waals surface area (Å²) in [5, 5.41) is 3.40. The highest BCUT2D eigenvalue weighted by atomic mass is 14.8. The van der Waals surface area contributed by atoms with Crippen molar-refractivity contribution in [3.05, 3.63) is 0 Å². The summed E-state index contributed by atoms with van der Waals surface area (Å²) in [6.07, 6.45) is 11.6. The Kier molecular flexibility index (Phi) is 7.11. The molecule has 3 atom stereocenters. The number of rotatable bonds is 6. The summed E-state index contributed by atoms with van der Waals surface area (Å²) in [5.74, 6) is 2.88. The Balaban J connectivity index is 2.43. The first kappa shape index (κ1) is 14.0. The van der Waals surface area contributed by atoms with Crippen molar-refractivity contribution in [1.29, 1.82) is 0 Å². The topological polar surface area (TPSA) is 12.0 Å². The third-order valence-corrected chi connectivity index (χ3v) is 4.27. The first-order valence-corrected chi connectivity index (χ1v) is 7.42. The molecule has 1 heteroatoms. The van der Waals surface area contributed by atoms with Gasteiger partial charge in [-0.05, 0) is 44.2 Å². The van der Waals surface area contributed by atoms with Gasteiger partial charge in [0.25, 0.3) is 0 Å². The lowest BCUT2D eigenvalue weighted by molar-refractivity contribution is 0.249. The van der Waals surface area contributed by atoms with Gasteiger partial charge in [-0.15, -0.1) is 0 Å².